The van der Waals surface area contributed by atoms with E-state index in [4.69, 9.17) is 0 Å². The molecule has 0 aliphatic heterocycles. The van der Waals surface area contributed by atoms with Gasteiger partial charge in [0.15, 0.2) is 0 Å². The van der Waals surface area contributed by atoms with Crippen LogP contribution in [0.2, 0.25) is 0 Å². The minimum Gasteiger partial charge on any atom is -0.250 e. The number of hydrogen-bond acceptors (Lipinski definition) is 1. The number of rotatable bonds is 8. The van der Waals surface area contributed by atoms with Gasteiger partial charge in [0.05, 0.1) is 10.8 Å². The Morgan fingerprint density at radius 2 is 1.90 bits per heavy atom. The van der Waals surface area contributed by atoms with E-state index in [1.54, 1.807) is 0 Å². The topological polar surface area (TPSA) is 17.1 Å². The van der Waals surface area contributed by atoms with Gasteiger partial charge in [-0.25, -0.2) is 4.21 Å². The van der Waals surface area contributed by atoms with E-state index in [9.17, 15) is 4.21 Å². The molecule has 0 radical (unpaired) electrons. The molecule has 0 aliphatic carbocycles. The molecular weight excluding hydrogens is 264 g/mol. The lowest BCUT2D eigenvalue weighted by Crippen LogP contribution is -1.94. The fourth-order valence-electron chi connectivity index (χ4n) is 2.07. The van der Waals surface area contributed by atoms with Crippen LogP contribution in [0.4, 0.5) is 0 Å². The standard InChI is InChI=1S/C18H24OS/c1-4-10-16(11-5-2)17(12-6-3)15-20(19)18-13-8-7-9-14-18/h6-10,13-15H,3-5,11-12H2,1-2H3/b16-10+,17-15+. The second-order valence-corrected chi connectivity index (χ2v) is 5.94. The van der Waals surface area contributed by atoms with E-state index >= 15 is 0 Å². The highest BCUT2D eigenvalue weighted by Gasteiger charge is 2.06. The third-order valence-electron chi connectivity index (χ3n) is 2.97. The summed E-state index contributed by atoms with van der Waals surface area (Å²) < 4.78 is 12.4. The Morgan fingerprint density at radius 3 is 2.45 bits per heavy atom. The smallest absolute Gasteiger partial charge is 0.0778 e. The van der Waals surface area contributed by atoms with Gasteiger partial charge in [-0.05, 0) is 42.5 Å². The quantitative estimate of drug-likeness (QED) is 0.463. The van der Waals surface area contributed by atoms with Crippen LogP contribution in [0, 0.1) is 0 Å². The highest BCUT2D eigenvalue weighted by molar-refractivity contribution is 7.88. The van der Waals surface area contributed by atoms with Gasteiger partial charge in [0.2, 0.25) is 0 Å². The molecule has 0 spiro atoms. The maximum Gasteiger partial charge on any atom is 0.0778 e. The molecule has 1 aromatic rings. The molecule has 2 heteroatoms. The van der Waals surface area contributed by atoms with Crippen LogP contribution in [-0.2, 0) is 10.8 Å². The average molecular weight is 288 g/mol. The third-order valence-corrected chi connectivity index (χ3v) is 4.21. The van der Waals surface area contributed by atoms with Crippen LogP contribution >= 0.6 is 0 Å². The molecule has 1 unspecified atom stereocenters. The SMILES string of the molecule is C=CCC(=C\S(=O)c1ccccc1)/C(=C/CC)CCC. The summed E-state index contributed by atoms with van der Waals surface area (Å²) in [5, 5.41) is 1.88. The molecule has 0 heterocycles. The van der Waals surface area contributed by atoms with Gasteiger partial charge < -0.3 is 0 Å². The lowest BCUT2D eigenvalue weighted by atomic mass is 9.99. The molecular formula is C18H24OS. The van der Waals surface area contributed by atoms with Crippen LogP contribution in [0.25, 0.3) is 0 Å². The molecule has 0 aromatic heterocycles. The predicted molar refractivity (Wildman–Crippen MR) is 89.0 cm³/mol. The monoisotopic (exact) mass is 288 g/mol. The molecule has 108 valence electrons. The van der Waals surface area contributed by atoms with Crippen molar-refractivity contribution in [2.45, 2.75) is 44.4 Å². The van der Waals surface area contributed by atoms with Crippen LogP contribution in [-0.4, -0.2) is 4.21 Å². The van der Waals surface area contributed by atoms with Crippen molar-refractivity contribution < 1.29 is 4.21 Å². The van der Waals surface area contributed by atoms with E-state index in [1.165, 1.54) is 5.57 Å². The maximum absolute atomic E-state index is 12.4. The van der Waals surface area contributed by atoms with Gasteiger partial charge >= 0.3 is 0 Å². The Labute approximate surface area is 125 Å². The van der Waals surface area contributed by atoms with E-state index in [0.29, 0.717) is 0 Å². The summed E-state index contributed by atoms with van der Waals surface area (Å²) in [6.45, 7) is 8.12. The third kappa shape index (κ3) is 5.30. The van der Waals surface area contributed by atoms with Gasteiger partial charge in [-0.15, -0.1) is 6.58 Å². The van der Waals surface area contributed by atoms with E-state index in [1.807, 2.05) is 41.8 Å². The molecule has 0 amide bonds. The largest absolute Gasteiger partial charge is 0.250 e. The molecule has 0 saturated carbocycles. The van der Waals surface area contributed by atoms with E-state index in [2.05, 4.69) is 26.5 Å². The predicted octanol–water partition coefficient (Wildman–Crippen LogP) is 5.39. The molecule has 20 heavy (non-hydrogen) atoms. The maximum atomic E-state index is 12.4. The van der Waals surface area contributed by atoms with Crippen molar-refractivity contribution in [3.63, 3.8) is 0 Å². The zero-order chi connectivity index (χ0) is 14.8. The van der Waals surface area contributed by atoms with Gasteiger partial charge in [-0.1, -0.05) is 50.6 Å². The summed E-state index contributed by atoms with van der Waals surface area (Å²) in [5.41, 5.74) is 2.45. The van der Waals surface area contributed by atoms with E-state index in [0.717, 1.165) is 36.2 Å². The first-order chi connectivity index (χ1) is 9.72. The first-order valence-electron chi connectivity index (χ1n) is 7.19. The van der Waals surface area contributed by atoms with Crippen molar-refractivity contribution in [1.29, 1.82) is 0 Å². The van der Waals surface area contributed by atoms with Crippen molar-refractivity contribution in [3.8, 4) is 0 Å². The Balaban J connectivity index is 3.05. The van der Waals surface area contributed by atoms with Crippen LogP contribution < -0.4 is 0 Å². The Bertz CT molecular complexity index is 497. The molecule has 1 atom stereocenters. The van der Waals surface area contributed by atoms with Gasteiger partial charge in [-0.3, -0.25) is 0 Å². The lowest BCUT2D eigenvalue weighted by molar-refractivity contribution is 0.688. The number of hydrogen-bond donors (Lipinski definition) is 0. The summed E-state index contributed by atoms with van der Waals surface area (Å²) in [6.07, 6.45) is 8.01. The van der Waals surface area contributed by atoms with Crippen LogP contribution in [0.15, 0.2) is 70.5 Å². The summed E-state index contributed by atoms with van der Waals surface area (Å²) in [5.74, 6) is 0. The van der Waals surface area contributed by atoms with E-state index < -0.39 is 10.8 Å². The zero-order valence-corrected chi connectivity index (χ0v) is 13.3. The molecule has 1 nitrogen and oxygen atoms in total. The first kappa shape index (κ1) is 16.6. The van der Waals surface area contributed by atoms with Crippen molar-refractivity contribution in [2.75, 3.05) is 0 Å². The molecule has 1 rings (SSSR count). The minimum atomic E-state index is -1.09. The highest BCUT2D eigenvalue weighted by Crippen LogP contribution is 2.22. The van der Waals surface area contributed by atoms with Crippen LogP contribution in [0.3, 0.4) is 0 Å². The Kier molecular flexibility index (Phi) is 7.89. The number of benzene rings is 1. The van der Waals surface area contributed by atoms with Crippen LogP contribution in [0.1, 0.15) is 39.5 Å². The summed E-state index contributed by atoms with van der Waals surface area (Å²) in [7, 11) is -1.09. The van der Waals surface area contributed by atoms with Crippen molar-refractivity contribution in [2.24, 2.45) is 0 Å². The number of allylic oxidation sites excluding steroid dienone is 4. The van der Waals surface area contributed by atoms with Gasteiger partial charge in [0.25, 0.3) is 0 Å². The Morgan fingerprint density at radius 1 is 1.20 bits per heavy atom. The molecule has 0 fully saturated rings. The van der Waals surface area contributed by atoms with Gasteiger partial charge in [0, 0.05) is 10.3 Å². The van der Waals surface area contributed by atoms with Crippen LogP contribution in [0.5, 0.6) is 0 Å². The summed E-state index contributed by atoms with van der Waals surface area (Å²) in [6, 6.07) is 9.59. The van der Waals surface area contributed by atoms with E-state index in [-0.39, 0.29) is 0 Å². The zero-order valence-electron chi connectivity index (χ0n) is 12.5. The molecule has 1 aromatic carbocycles. The average Bonchev–Trinajstić information content (AvgIpc) is 2.47. The second kappa shape index (κ2) is 9.49. The minimum absolute atomic E-state index is 0.768. The lowest BCUT2D eigenvalue weighted by Gasteiger charge is -2.10. The van der Waals surface area contributed by atoms with Crippen molar-refractivity contribution >= 4 is 10.8 Å². The fraction of sp³-hybridized carbons (Fsp3) is 0.333. The normalized spacial score (nSPS) is 14.1. The molecule has 0 N–H and O–H groups in total. The fourth-order valence-corrected chi connectivity index (χ4v) is 3.14. The molecule has 0 saturated heterocycles. The summed E-state index contributed by atoms with van der Waals surface area (Å²) in [4.78, 5) is 0.849. The molecule has 0 bridgehead atoms. The van der Waals surface area contributed by atoms with Crippen molar-refractivity contribution in [1.82, 2.24) is 0 Å². The highest BCUT2D eigenvalue weighted by atomic mass is 32.2. The van der Waals surface area contributed by atoms with Crippen molar-refractivity contribution in [3.05, 3.63) is 65.6 Å². The second-order valence-electron chi connectivity index (χ2n) is 4.63. The first-order valence-corrected chi connectivity index (χ1v) is 8.40. The summed E-state index contributed by atoms with van der Waals surface area (Å²) >= 11 is 0. The molecule has 0 aliphatic rings. The van der Waals surface area contributed by atoms with Gasteiger partial charge in [0.1, 0.15) is 0 Å². The Hall–Kier alpha value is -1.41. The van der Waals surface area contributed by atoms with Gasteiger partial charge in [-0.2, -0.15) is 0 Å².